The highest BCUT2D eigenvalue weighted by molar-refractivity contribution is 7.85. The zero-order valence-corrected chi connectivity index (χ0v) is 7.67. The molecule has 1 heterocycles. The minimum atomic E-state index is -1.32. The SMILES string of the molecule is CS(=O)Nc1ncccc1C(=O)O. The van der Waals surface area contributed by atoms with E-state index in [1.807, 2.05) is 0 Å². The van der Waals surface area contributed by atoms with Gasteiger partial charge in [-0.2, -0.15) is 0 Å². The fourth-order valence-corrected chi connectivity index (χ4v) is 1.23. The molecular formula is C7H8N2O3S. The summed E-state index contributed by atoms with van der Waals surface area (Å²) in [6, 6.07) is 2.90. The van der Waals surface area contributed by atoms with Crippen LogP contribution >= 0.6 is 0 Å². The van der Waals surface area contributed by atoms with Gasteiger partial charge in [0.25, 0.3) is 0 Å². The number of rotatable bonds is 3. The van der Waals surface area contributed by atoms with Gasteiger partial charge in [-0.1, -0.05) is 0 Å². The largest absolute Gasteiger partial charge is 0.478 e. The number of hydrogen-bond donors (Lipinski definition) is 2. The van der Waals surface area contributed by atoms with Gasteiger partial charge >= 0.3 is 5.97 Å². The van der Waals surface area contributed by atoms with Gasteiger partial charge in [0.1, 0.15) is 16.5 Å². The van der Waals surface area contributed by atoms with E-state index in [0.29, 0.717) is 0 Å². The molecule has 1 atom stereocenters. The van der Waals surface area contributed by atoms with Gasteiger partial charge in [0.2, 0.25) is 0 Å². The van der Waals surface area contributed by atoms with Crippen molar-refractivity contribution in [1.82, 2.24) is 4.98 Å². The van der Waals surface area contributed by atoms with Gasteiger partial charge in [-0.3, -0.25) is 4.72 Å². The highest BCUT2D eigenvalue weighted by atomic mass is 32.2. The van der Waals surface area contributed by atoms with Crippen molar-refractivity contribution in [2.24, 2.45) is 0 Å². The van der Waals surface area contributed by atoms with Crippen molar-refractivity contribution in [2.75, 3.05) is 11.0 Å². The van der Waals surface area contributed by atoms with Crippen LogP contribution < -0.4 is 4.72 Å². The molecule has 13 heavy (non-hydrogen) atoms. The fourth-order valence-electron chi connectivity index (χ4n) is 0.795. The van der Waals surface area contributed by atoms with Crippen LogP contribution in [-0.4, -0.2) is 26.5 Å². The molecule has 70 valence electrons. The summed E-state index contributed by atoms with van der Waals surface area (Å²) in [5.74, 6) is -0.975. The molecule has 2 N–H and O–H groups in total. The van der Waals surface area contributed by atoms with E-state index < -0.39 is 17.0 Å². The fraction of sp³-hybridized carbons (Fsp3) is 0.143. The molecule has 0 aliphatic heterocycles. The number of carbonyl (C=O) groups is 1. The summed E-state index contributed by atoms with van der Waals surface area (Å²) in [5, 5.41) is 8.70. The molecule has 0 saturated heterocycles. The Bertz CT molecular complexity index is 353. The molecule has 1 rings (SSSR count). The van der Waals surface area contributed by atoms with E-state index in [4.69, 9.17) is 5.11 Å². The first kappa shape index (κ1) is 9.66. The van der Waals surface area contributed by atoms with E-state index in [9.17, 15) is 9.00 Å². The lowest BCUT2D eigenvalue weighted by molar-refractivity contribution is 0.0697. The van der Waals surface area contributed by atoms with Gasteiger partial charge in [0.15, 0.2) is 5.82 Å². The van der Waals surface area contributed by atoms with Crippen molar-refractivity contribution in [2.45, 2.75) is 0 Å². The number of pyridine rings is 1. The molecule has 0 bridgehead atoms. The maximum atomic E-state index is 10.8. The molecule has 0 aromatic carbocycles. The summed E-state index contributed by atoms with van der Waals surface area (Å²) < 4.78 is 13.2. The quantitative estimate of drug-likeness (QED) is 0.744. The van der Waals surface area contributed by atoms with Crippen LogP contribution in [0.15, 0.2) is 18.3 Å². The van der Waals surface area contributed by atoms with E-state index in [0.717, 1.165) is 0 Å². The van der Waals surface area contributed by atoms with Crippen LogP contribution in [-0.2, 0) is 11.0 Å². The predicted octanol–water partition coefficient (Wildman–Crippen LogP) is 0.485. The number of carboxylic acid groups (broad SMARTS) is 1. The molecule has 0 amide bonds. The first-order chi connectivity index (χ1) is 6.11. The summed E-state index contributed by atoms with van der Waals surface area (Å²) in [7, 11) is -1.32. The van der Waals surface area contributed by atoms with Crippen LogP contribution in [0.1, 0.15) is 10.4 Å². The van der Waals surface area contributed by atoms with Gasteiger partial charge in [-0.05, 0) is 12.1 Å². The average Bonchev–Trinajstić information content (AvgIpc) is 2.03. The molecule has 0 fully saturated rings. The van der Waals surface area contributed by atoms with Crippen LogP contribution in [0, 0.1) is 0 Å². The summed E-state index contributed by atoms with van der Waals surface area (Å²) >= 11 is 0. The van der Waals surface area contributed by atoms with Crippen molar-refractivity contribution in [3.8, 4) is 0 Å². The van der Waals surface area contributed by atoms with Crippen molar-refractivity contribution in [1.29, 1.82) is 0 Å². The van der Waals surface area contributed by atoms with Gasteiger partial charge < -0.3 is 5.11 Å². The third-order valence-corrected chi connectivity index (χ3v) is 1.76. The first-order valence-corrected chi connectivity index (χ1v) is 4.95. The Morgan fingerprint density at radius 1 is 1.69 bits per heavy atom. The maximum Gasteiger partial charge on any atom is 0.339 e. The number of aromatic carboxylic acids is 1. The highest BCUT2D eigenvalue weighted by Crippen LogP contribution is 2.10. The molecule has 1 aromatic heterocycles. The smallest absolute Gasteiger partial charge is 0.339 e. The lowest BCUT2D eigenvalue weighted by atomic mass is 10.3. The minimum absolute atomic E-state index is 0.0118. The molecule has 0 aliphatic carbocycles. The monoisotopic (exact) mass is 200 g/mol. The summed E-state index contributed by atoms with van der Waals surface area (Å²) in [4.78, 5) is 14.4. The van der Waals surface area contributed by atoms with E-state index in [1.54, 1.807) is 0 Å². The zero-order chi connectivity index (χ0) is 9.84. The molecule has 0 saturated carbocycles. The standard InChI is InChI=1S/C7H8N2O3S/c1-13(12)9-6-5(7(10)11)3-2-4-8-6/h2-4H,1H3,(H,8,9)(H,10,11). The van der Waals surface area contributed by atoms with Crippen LogP contribution in [0.5, 0.6) is 0 Å². The molecule has 6 heteroatoms. The molecule has 1 aromatic rings. The van der Waals surface area contributed by atoms with Crippen LogP contribution in [0.3, 0.4) is 0 Å². The van der Waals surface area contributed by atoms with E-state index >= 15 is 0 Å². The Balaban J connectivity index is 3.04. The third kappa shape index (κ3) is 2.51. The lowest BCUT2D eigenvalue weighted by Gasteiger charge is -2.03. The number of nitrogens with zero attached hydrogens (tertiary/aromatic N) is 1. The number of carboxylic acids is 1. The molecule has 0 radical (unpaired) electrons. The molecule has 5 nitrogen and oxygen atoms in total. The Hall–Kier alpha value is -1.43. The molecule has 0 spiro atoms. The van der Waals surface area contributed by atoms with Crippen LogP contribution in [0.4, 0.5) is 5.82 Å². The van der Waals surface area contributed by atoms with Crippen LogP contribution in [0.2, 0.25) is 0 Å². The Kier molecular flexibility index (Phi) is 2.97. The first-order valence-electron chi connectivity index (χ1n) is 3.39. The number of anilines is 1. The van der Waals surface area contributed by atoms with E-state index in [-0.39, 0.29) is 11.4 Å². The van der Waals surface area contributed by atoms with Crippen molar-refractivity contribution in [3.05, 3.63) is 23.9 Å². The van der Waals surface area contributed by atoms with Crippen molar-refractivity contribution in [3.63, 3.8) is 0 Å². The Labute approximate surface area is 77.4 Å². The van der Waals surface area contributed by atoms with Gasteiger partial charge in [-0.25, -0.2) is 14.0 Å². The van der Waals surface area contributed by atoms with Gasteiger partial charge in [0, 0.05) is 12.5 Å². The van der Waals surface area contributed by atoms with Gasteiger partial charge in [0.05, 0.1) is 0 Å². The second-order valence-electron chi connectivity index (χ2n) is 2.26. The predicted molar refractivity (Wildman–Crippen MR) is 48.9 cm³/mol. The number of nitrogens with one attached hydrogen (secondary N) is 1. The highest BCUT2D eigenvalue weighted by Gasteiger charge is 2.10. The third-order valence-electron chi connectivity index (χ3n) is 1.28. The Morgan fingerprint density at radius 2 is 2.38 bits per heavy atom. The van der Waals surface area contributed by atoms with Crippen molar-refractivity contribution < 1.29 is 14.1 Å². The topological polar surface area (TPSA) is 79.3 Å². The summed E-state index contributed by atoms with van der Waals surface area (Å²) in [6.45, 7) is 0. The molecule has 0 aliphatic rings. The second kappa shape index (κ2) is 3.99. The normalized spacial score (nSPS) is 12.1. The Morgan fingerprint density at radius 3 is 2.92 bits per heavy atom. The second-order valence-corrected chi connectivity index (χ2v) is 3.37. The van der Waals surface area contributed by atoms with Gasteiger partial charge in [-0.15, -0.1) is 0 Å². The minimum Gasteiger partial charge on any atom is -0.478 e. The number of aromatic nitrogens is 1. The van der Waals surface area contributed by atoms with Crippen LogP contribution in [0.25, 0.3) is 0 Å². The van der Waals surface area contributed by atoms with E-state index in [2.05, 4.69) is 9.71 Å². The summed E-state index contributed by atoms with van der Waals surface area (Å²) in [5.41, 5.74) is 0.0118. The van der Waals surface area contributed by atoms with E-state index in [1.165, 1.54) is 24.6 Å². The molecular weight excluding hydrogens is 192 g/mol. The van der Waals surface area contributed by atoms with Crippen molar-refractivity contribution >= 4 is 22.8 Å². The molecule has 1 unspecified atom stereocenters. The average molecular weight is 200 g/mol. The summed E-state index contributed by atoms with van der Waals surface area (Å²) in [6.07, 6.45) is 2.84. The lowest BCUT2D eigenvalue weighted by Crippen LogP contribution is -2.09. The maximum absolute atomic E-state index is 10.8. The number of hydrogen-bond acceptors (Lipinski definition) is 3. The zero-order valence-electron chi connectivity index (χ0n) is 6.85.